The van der Waals surface area contributed by atoms with Crippen molar-refractivity contribution in [2.45, 2.75) is 32.4 Å². The van der Waals surface area contributed by atoms with Crippen LogP contribution in [0.15, 0.2) is 18.2 Å². The highest BCUT2D eigenvalue weighted by Crippen LogP contribution is 2.19. The molecule has 1 heterocycles. The summed E-state index contributed by atoms with van der Waals surface area (Å²) in [6, 6.07) is 5.60. The fourth-order valence-corrected chi connectivity index (χ4v) is 2.34. The Morgan fingerprint density at radius 3 is 2.94 bits per heavy atom. The summed E-state index contributed by atoms with van der Waals surface area (Å²) in [7, 11) is 0. The number of hydrogen-bond acceptors (Lipinski definition) is 2. The van der Waals surface area contributed by atoms with E-state index >= 15 is 0 Å². The minimum absolute atomic E-state index is 0.0835. The third-order valence-corrected chi connectivity index (χ3v) is 3.29. The molecule has 1 fully saturated rings. The molecule has 0 saturated carbocycles. The molecule has 0 radical (unpaired) electrons. The first-order valence-electron chi connectivity index (χ1n) is 5.95. The highest BCUT2D eigenvalue weighted by atomic mass is 19.1. The van der Waals surface area contributed by atoms with E-state index in [-0.39, 0.29) is 11.9 Å². The van der Waals surface area contributed by atoms with E-state index in [4.69, 9.17) is 5.73 Å². The summed E-state index contributed by atoms with van der Waals surface area (Å²) in [4.78, 5) is 2.24. The Morgan fingerprint density at radius 1 is 1.50 bits per heavy atom. The van der Waals surface area contributed by atoms with Gasteiger partial charge in [-0.3, -0.25) is 4.90 Å². The van der Waals surface area contributed by atoms with Crippen molar-refractivity contribution in [3.8, 4) is 0 Å². The van der Waals surface area contributed by atoms with Crippen LogP contribution >= 0.6 is 0 Å². The standard InChI is InChI=1S/C13H19FN2/c1-2-10-4-3-5-13(14)12(10)9-16-7-6-11(15)8-16/h3-5,11H,2,6-9,15H2,1H3/t11-/m0/s1. The van der Waals surface area contributed by atoms with Gasteiger partial charge in [0.1, 0.15) is 5.82 Å². The normalized spacial score (nSPS) is 21.6. The van der Waals surface area contributed by atoms with Crippen LogP contribution in [0, 0.1) is 5.82 Å². The van der Waals surface area contributed by atoms with Crippen molar-refractivity contribution in [1.29, 1.82) is 0 Å². The number of likely N-dealkylation sites (tertiary alicyclic amines) is 1. The second-order valence-corrected chi connectivity index (χ2v) is 4.51. The van der Waals surface area contributed by atoms with Crippen LogP contribution in [0.25, 0.3) is 0 Å². The van der Waals surface area contributed by atoms with Gasteiger partial charge in [0.05, 0.1) is 0 Å². The van der Waals surface area contributed by atoms with E-state index in [0.29, 0.717) is 6.54 Å². The molecule has 1 atom stereocenters. The predicted molar refractivity (Wildman–Crippen MR) is 63.6 cm³/mol. The first-order chi connectivity index (χ1) is 7.70. The highest BCUT2D eigenvalue weighted by Gasteiger charge is 2.20. The van der Waals surface area contributed by atoms with Gasteiger partial charge < -0.3 is 5.73 Å². The van der Waals surface area contributed by atoms with Crippen LogP contribution in [0.3, 0.4) is 0 Å². The Kier molecular flexibility index (Phi) is 3.56. The van der Waals surface area contributed by atoms with Crippen molar-refractivity contribution >= 4 is 0 Å². The molecule has 0 spiro atoms. The molecule has 0 bridgehead atoms. The summed E-state index contributed by atoms with van der Waals surface area (Å²) in [5.41, 5.74) is 7.81. The average molecular weight is 222 g/mol. The molecule has 0 amide bonds. The molecule has 1 aliphatic rings. The zero-order valence-electron chi connectivity index (χ0n) is 9.75. The molecule has 0 aliphatic carbocycles. The van der Waals surface area contributed by atoms with Gasteiger partial charge in [0.2, 0.25) is 0 Å². The lowest BCUT2D eigenvalue weighted by Crippen LogP contribution is -2.26. The number of hydrogen-bond donors (Lipinski definition) is 1. The fourth-order valence-electron chi connectivity index (χ4n) is 2.34. The summed E-state index contributed by atoms with van der Waals surface area (Å²) in [6.07, 6.45) is 1.91. The minimum atomic E-state index is -0.0835. The molecule has 2 nitrogen and oxygen atoms in total. The van der Waals surface area contributed by atoms with Crippen molar-refractivity contribution in [2.75, 3.05) is 13.1 Å². The number of nitrogens with zero attached hydrogens (tertiary/aromatic N) is 1. The molecule has 1 aliphatic heterocycles. The zero-order valence-corrected chi connectivity index (χ0v) is 9.75. The number of aryl methyl sites for hydroxylation is 1. The monoisotopic (exact) mass is 222 g/mol. The van der Waals surface area contributed by atoms with Gasteiger partial charge in [0.15, 0.2) is 0 Å². The molecule has 1 aromatic rings. The quantitative estimate of drug-likeness (QED) is 0.846. The summed E-state index contributed by atoms with van der Waals surface area (Å²) in [5, 5.41) is 0. The van der Waals surface area contributed by atoms with Gasteiger partial charge >= 0.3 is 0 Å². The summed E-state index contributed by atoms with van der Waals surface area (Å²) in [5.74, 6) is -0.0835. The highest BCUT2D eigenvalue weighted by molar-refractivity contribution is 5.28. The third kappa shape index (κ3) is 2.42. The molecular formula is C13H19FN2. The molecule has 3 heteroatoms. The topological polar surface area (TPSA) is 29.3 Å². The Hall–Kier alpha value is -0.930. The molecule has 2 rings (SSSR count). The van der Waals surface area contributed by atoms with Crippen molar-refractivity contribution in [1.82, 2.24) is 4.90 Å². The van der Waals surface area contributed by atoms with Crippen LogP contribution in [0.2, 0.25) is 0 Å². The molecule has 0 aromatic heterocycles. The lowest BCUT2D eigenvalue weighted by Gasteiger charge is -2.18. The molecule has 2 N–H and O–H groups in total. The predicted octanol–water partition coefficient (Wildman–Crippen LogP) is 1.92. The van der Waals surface area contributed by atoms with Gasteiger partial charge in [-0.05, 0) is 24.5 Å². The van der Waals surface area contributed by atoms with E-state index in [1.165, 1.54) is 0 Å². The van der Waals surface area contributed by atoms with Gasteiger partial charge in [-0.1, -0.05) is 19.1 Å². The van der Waals surface area contributed by atoms with Crippen LogP contribution in [0.5, 0.6) is 0 Å². The number of rotatable bonds is 3. The first-order valence-corrected chi connectivity index (χ1v) is 5.95. The minimum Gasteiger partial charge on any atom is -0.326 e. The number of benzene rings is 1. The molecule has 0 unspecified atom stereocenters. The fraction of sp³-hybridized carbons (Fsp3) is 0.538. The molecule has 1 aromatic carbocycles. The van der Waals surface area contributed by atoms with Crippen LogP contribution in [0.1, 0.15) is 24.5 Å². The van der Waals surface area contributed by atoms with Gasteiger partial charge in [-0.15, -0.1) is 0 Å². The maximum atomic E-state index is 13.7. The van der Waals surface area contributed by atoms with Crippen LogP contribution in [-0.2, 0) is 13.0 Å². The van der Waals surface area contributed by atoms with Gasteiger partial charge in [-0.25, -0.2) is 4.39 Å². The van der Waals surface area contributed by atoms with E-state index < -0.39 is 0 Å². The Balaban J connectivity index is 2.14. The third-order valence-electron chi connectivity index (χ3n) is 3.29. The van der Waals surface area contributed by atoms with Crippen molar-refractivity contribution < 1.29 is 4.39 Å². The van der Waals surface area contributed by atoms with Crippen molar-refractivity contribution in [3.05, 3.63) is 35.1 Å². The van der Waals surface area contributed by atoms with Crippen LogP contribution < -0.4 is 5.73 Å². The maximum Gasteiger partial charge on any atom is 0.127 e. The van der Waals surface area contributed by atoms with E-state index in [1.807, 2.05) is 6.07 Å². The molecule has 1 saturated heterocycles. The average Bonchev–Trinajstić information content (AvgIpc) is 2.67. The van der Waals surface area contributed by atoms with E-state index in [2.05, 4.69) is 11.8 Å². The van der Waals surface area contributed by atoms with Gasteiger partial charge in [0, 0.05) is 31.2 Å². The van der Waals surface area contributed by atoms with E-state index in [1.54, 1.807) is 12.1 Å². The maximum absolute atomic E-state index is 13.7. The molecule has 88 valence electrons. The SMILES string of the molecule is CCc1cccc(F)c1CN1CC[C@H](N)C1. The largest absolute Gasteiger partial charge is 0.326 e. The van der Waals surface area contributed by atoms with E-state index in [9.17, 15) is 4.39 Å². The Bertz CT molecular complexity index is 365. The van der Waals surface area contributed by atoms with Crippen molar-refractivity contribution in [2.24, 2.45) is 5.73 Å². The number of halogens is 1. The summed E-state index contributed by atoms with van der Waals surface area (Å²) in [6.45, 7) is 4.63. The second-order valence-electron chi connectivity index (χ2n) is 4.51. The van der Waals surface area contributed by atoms with Crippen molar-refractivity contribution in [3.63, 3.8) is 0 Å². The number of nitrogens with two attached hydrogens (primary N) is 1. The molecule has 16 heavy (non-hydrogen) atoms. The second kappa shape index (κ2) is 4.93. The zero-order chi connectivity index (χ0) is 11.5. The van der Waals surface area contributed by atoms with Gasteiger partial charge in [-0.2, -0.15) is 0 Å². The summed E-state index contributed by atoms with van der Waals surface area (Å²) >= 11 is 0. The first kappa shape index (κ1) is 11.6. The Labute approximate surface area is 96.2 Å². The van der Waals surface area contributed by atoms with E-state index in [0.717, 1.165) is 37.1 Å². The molecular weight excluding hydrogens is 203 g/mol. The smallest absolute Gasteiger partial charge is 0.127 e. The van der Waals surface area contributed by atoms with Crippen LogP contribution in [0.4, 0.5) is 4.39 Å². The lowest BCUT2D eigenvalue weighted by molar-refractivity contribution is 0.320. The summed E-state index contributed by atoms with van der Waals surface area (Å²) < 4.78 is 13.7. The van der Waals surface area contributed by atoms with Gasteiger partial charge in [0.25, 0.3) is 0 Å². The lowest BCUT2D eigenvalue weighted by atomic mass is 10.0. The van der Waals surface area contributed by atoms with Crippen LogP contribution in [-0.4, -0.2) is 24.0 Å². The Morgan fingerprint density at radius 2 is 2.31 bits per heavy atom.